The Balaban J connectivity index is 2.66. The number of nitrogens with two attached hydrogens (primary N) is 1. The second-order valence-corrected chi connectivity index (χ2v) is 6.73. The van der Waals surface area contributed by atoms with E-state index < -0.39 is 11.6 Å². The Morgan fingerprint density at radius 2 is 1.83 bits per heavy atom. The molecule has 0 unspecified atom stereocenters. The minimum atomic E-state index is -0.575. The fourth-order valence-electron chi connectivity index (χ4n) is 2.18. The van der Waals surface area contributed by atoms with Crippen LogP contribution in [0.4, 0.5) is 11.4 Å². The third-order valence-electron chi connectivity index (χ3n) is 3.47. The fourth-order valence-corrected chi connectivity index (χ4v) is 2.18. The largest absolute Gasteiger partial charge is 0.459 e. The summed E-state index contributed by atoms with van der Waals surface area (Å²) in [7, 11) is 0. The van der Waals surface area contributed by atoms with Crippen molar-refractivity contribution < 1.29 is 14.3 Å². The van der Waals surface area contributed by atoms with Gasteiger partial charge in [0.05, 0.1) is 11.4 Å². The van der Waals surface area contributed by atoms with Crippen molar-refractivity contribution >= 4 is 23.3 Å². The number of benzene rings is 1. The van der Waals surface area contributed by atoms with Gasteiger partial charge in [0, 0.05) is 11.6 Å². The second-order valence-electron chi connectivity index (χ2n) is 6.73. The Morgan fingerprint density at radius 1 is 1.21 bits per heavy atom. The Bertz CT molecular complexity index is 575. The van der Waals surface area contributed by atoms with Crippen LogP contribution in [0.25, 0.3) is 0 Å². The second kappa shape index (κ2) is 8.57. The molecule has 0 atom stereocenters. The van der Waals surface area contributed by atoms with Gasteiger partial charge in [0.2, 0.25) is 0 Å². The third-order valence-corrected chi connectivity index (χ3v) is 3.47. The van der Waals surface area contributed by atoms with Crippen LogP contribution in [-0.4, -0.2) is 30.1 Å². The van der Waals surface area contributed by atoms with E-state index in [4.69, 9.17) is 10.5 Å². The summed E-state index contributed by atoms with van der Waals surface area (Å²) in [6.07, 6.45) is 1.99. The number of anilines is 2. The molecule has 24 heavy (non-hydrogen) atoms. The highest BCUT2D eigenvalue weighted by atomic mass is 16.6. The molecule has 1 amide bonds. The van der Waals surface area contributed by atoms with E-state index in [1.165, 1.54) is 0 Å². The lowest BCUT2D eigenvalue weighted by Gasteiger charge is -2.20. The topological polar surface area (TPSA) is 93.5 Å². The van der Waals surface area contributed by atoms with Gasteiger partial charge in [-0.1, -0.05) is 13.8 Å². The van der Waals surface area contributed by atoms with E-state index in [2.05, 4.69) is 24.5 Å². The average Bonchev–Trinajstić information content (AvgIpc) is 2.49. The average molecular weight is 335 g/mol. The molecule has 0 aromatic heterocycles. The molecule has 0 spiro atoms. The number of nitrogens with one attached hydrogen (secondary N) is 2. The zero-order valence-corrected chi connectivity index (χ0v) is 15.2. The van der Waals surface area contributed by atoms with Gasteiger partial charge in [0.1, 0.15) is 12.1 Å². The van der Waals surface area contributed by atoms with E-state index >= 15 is 0 Å². The van der Waals surface area contributed by atoms with Crippen LogP contribution < -0.4 is 16.4 Å². The molecule has 0 bridgehead atoms. The van der Waals surface area contributed by atoms with Crippen LogP contribution in [-0.2, 0) is 9.53 Å². The first-order valence-corrected chi connectivity index (χ1v) is 8.32. The van der Waals surface area contributed by atoms with Crippen molar-refractivity contribution in [3.8, 4) is 0 Å². The Kier molecular flexibility index (Phi) is 7.07. The third kappa shape index (κ3) is 6.48. The SMILES string of the molecule is CCC(CC)Nc1ccc(C(=O)NCC(=O)OC(C)(C)C)cc1N. The van der Waals surface area contributed by atoms with Gasteiger partial charge in [-0.25, -0.2) is 0 Å². The van der Waals surface area contributed by atoms with Crippen molar-refractivity contribution in [1.29, 1.82) is 0 Å². The molecule has 0 radical (unpaired) electrons. The van der Waals surface area contributed by atoms with E-state index in [-0.39, 0.29) is 12.5 Å². The summed E-state index contributed by atoms with van der Waals surface area (Å²) < 4.78 is 5.15. The summed E-state index contributed by atoms with van der Waals surface area (Å²) >= 11 is 0. The monoisotopic (exact) mass is 335 g/mol. The minimum Gasteiger partial charge on any atom is -0.459 e. The highest BCUT2D eigenvalue weighted by molar-refractivity contribution is 5.97. The molecular formula is C18H29N3O3. The minimum absolute atomic E-state index is 0.177. The first-order valence-electron chi connectivity index (χ1n) is 8.32. The quantitative estimate of drug-likeness (QED) is 0.526. The van der Waals surface area contributed by atoms with Crippen LogP contribution in [0.3, 0.4) is 0 Å². The molecule has 0 saturated heterocycles. The number of hydrogen-bond acceptors (Lipinski definition) is 5. The van der Waals surface area contributed by atoms with Crippen molar-refractivity contribution in [2.45, 2.75) is 59.1 Å². The summed E-state index contributed by atoms with van der Waals surface area (Å²) in [4.78, 5) is 23.7. The first-order chi connectivity index (χ1) is 11.2. The van der Waals surface area contributed by atoms with E-state index in [0.717, 1.165) is 18.5 Å². The van der Waals surface area contributed by atoms with Gasteiger partial charge in [-0.3, -0.25) is 9.59 Å². The van der Waals surface area contributed by atoms with Crippen LogP contribution in [0.5, 0.6) is 0 Å². The molecule has 0 fully saturated rings. The maximum absolute atomic E-state index is 12.1. The van der Waals surface area contributed by atoms with Crippen LogP contribution in [0.2, 0.25) is 0 Å². The van der Waals surface area contributed by atoms with Gasteiger partial charge in [0.25, 0.3) is 5.91 Å². The molecule has 6 heteroatoms. The molecule has 1 aromatic rings. The lowest BCUT2D eigenvalue weighted by atomic mass is 10.1. The van der Waals surface area contributed by atoms with Crippen molar-refractivity contribution in [3.63, 3.8) is 0 Å². The number of rotatable bonds is 7. The van der Waals surface area contributed by atoms with Gasteiger partial charge in [-0.2, -0.15) is 0 Å². The predicted molar refractivity (Wildman–Crippen MR) is 97.0 cm³/mol. The lowest BCUT2D eigenvalue weighted by molar-refractivity contribution is -0.153. The lowest BCUT2D eigenvalue weighted by Crippen LogP contribution is -2.34. The molecule has 4 N–H and O–H groups in total. The number of hydrogen-bond donors (Lipinski definition) is 3. The van der Waals surface area contributed by atoms with E-state index in [1.54, 1.807) is 39.0 Å². The van der Waals surface area contributed by atoms with Gasteiger partial charge in [-0.05, 0) is 51.8 Å². The van der Waals surface area contributed by atoms with Crippen LogP contribution in [0, 0.1) is 0 Å². The number of amides is 1. The maximum atomic E-state index is 12.1. The van der Waals surface area contributed by atoms with Crippen molar-refractivity contribution in [3.05, 3.63) is 23.8 Å². The highest BCUT2D eigenvalue weighted by Crippen LogP contribution is 2.22. The van der Waals surface area contributed by atoms with Crippen molar-refractivity contribution in [1.82, 2.24) is 5.32 Å². The molecule has 0 saturated carbocycles. The number of carbonyl (C=O) groups excluding carboxylic acids is 2. The predicted octanol–water partition coefficient (Wildman–Crippen LogP) is 2.94. The molecule has 134 valence electrons. The Morgan fingerprint density at radius 3 is 2.33 bits per heavy atom. The maximum Gasteiger partial charge on any atom is 0.325 e. The Labute approximate surface area is 144 Å². The summed E-state index contributed by atoms with van der Waals surface area (Å²) in [5.41, 5.74) is 7.17. The van der Waals surface area contributed by atoms with Crippen LogP contribution >= 0.6 is 0 Å². The van der Waals surface area contributed by atoms with Gasteiger partial charge in [0.15, 0.2) is 0 Å². The Hall–Kier alpha value is -2.24. The molecule has 0 aliphatic rings. The van der Waals surface area contributed by atoms with Gasteiger partial charge in [-0.15, -0.1) is 0 Å². The smallest absolute Gasteiger partial charge is 0.325 e. The highest BCUT2D eigenvalue weighted by Gasteiger charge is 2.17. The normalized spacial score (nSPS) is 11.2. The van der Waals surface area contributed by atoms with Gasteiger partial charge >= 0.3 is 5.97 Å². The zero-order chi connectivity index (χ0) is 18.3. The number of ether oxygens (including phenoxy) is 1. The molecule has 6 nitrogen and oxygen atoms in total. The summed E-state index contributed by atoms with van der Waals surface area (Å²) in [6.45, 7) is 9.37. The standard InChI is InChI=1S/C18H29N3O3/c1-6-13(7-2)21-15-9-8-12(10-14(15)19)17(23)20-11-16(22)24-18(3,4)5/h8-10,13,21H,6-7,11,19H2,1-5H3,(H,20,23). The van der Waals surface area contributed by atoms with Crippen molar-refractivity contribution in [2.75, 3.05) is 17.6 Å². The summed E-state index contributed by atoms with van der Waals surface area (Å²) in [5, 5.41) is 5.90. The van der Waals surface area contributed by atoms with Gasteiger partial charge < -0.3 is 21.1 Å². The van der Waals surface area contributed by atoms with Crippen LogP contribution in [0.1, 0.15) is 57.8 Å². The van der Waals surface area contributed by atoms with Crippen LogP contribution in [0.15, 0.2) is 18.2 Å². The zero-order valence-electron chi connectivity index (χ0n) is 15.2. The molecule has 0 heterocycles. The number of nitrogen functional groups attached to an aromatic ring is 1. The molecule has 1 rings (SSSR count). The van der Waals surface area contributed by atoms with E-state index in [9.17, 15) is 9.59 Å². The number of esters is 1. The summed E-state index contributed by atoms with van der Waals surface area (Å²) in [6, 6.07) is 5.43. The molecule has 1 aromatic carbocycles. The summed E-state index contributed by atoms with van der Waals surface area (Å²) in [5.74, 6) is -0.836. The molecular weight excluding hydrogens is 306 g/mol. The van der Waals surface area contributed by atoms with E-state index in [0.29, 0.717) is 17.3 Å². The molecule has 0 aliphatic carbocycles. The van der Waals surface area contributed by atoms with Crippen molar-refractivity contribution in [2.24, 2.45) is 0 Å². The number of carbonyl (C=O) groups is 2. The molecule has 0 aliphatic heterocycles. The first kappa shape index (κ1) is 19.8. The fraction of sp³-hybridized carbons (Fsp3) is 0.556. The van der Waals surface area contributed by atoms with E-state index in [1.807, 2.05) is 0 Å².